The van der Waals surface area contributed by atoms with E-state index in [4.69, 9.17) is 19.3 Å². The van der Waals surface area contributed by atoms with E-state index in [9.17, 15) is 0 Å². The topological polar surface area (TPSA) is 47.9 Å². The van der Waals surface area contributed by atoms with Crippen molar-refractivity contribution in [1.29, 1.82) is 0 Å². The van der Waals surface area contributed by atoms with E-state index in [1.54, 1.807) is 0 Å². The van der Waals surface area contributed by atoms with Gasteiger partial charge in [0, 0.05) is 31.8 Å². The summed E-state index contributed by atoms with van der Waals surface area (Å²) < 4.78 is 16.6. The molecule has 0 aliphatic heterocycles. The minimum atomic E-state index is -0.120. The predicted molar refractivity (Wildman–Crippen MR) is 68.2 cm³/mol. The summed E-state index contributed by atoms with van der Waals surface area (Å²) in [6, 6.07) is 0. The third-order valence-electron chi connectivity index (χ3n) is 2.70. The van der Waals surface area contributed by atoms with Crippen molar-refractivity contribution in [3.8, 4) is 0 Å². The molecule has 0 fully saturated rings. The maximum atomic E-state index is 8.98. The lowest BCUT2D eigenvalue weighted by atomic mass is 9.85. The quantitative estimate of drug-likeness (QED) is 0.572. The first-order valence-corrected chi connectivity index (χ1v) is 6.58. The Bertz CT molecular complexity index is 124. The van der Waals surface area contributed by atoms with Gasteiger partial charge >= 0.3 is 0 Å². The minimum absolute atomic E-state index is 0.120. The summed E-state index contributed by atoms with van der Waals surface area (Å²) in [7, 11) is 0. The molecule has 0 aliphatic carbocycles. The highest BCUT2D eigenvalue weighted by Gasteiger charge is 2.30. The molecule has 0 amide bonds. The highest BCUT2D eigenvalue weighted by Crippen LogP contribution is 2.26. The molecule has 0 saturated heterocycles. The van der Waals surface area contributed by atoms with E-state index < -0.39 is 0 Å². The van der Waals surface area contributed by atoms with Gasteiger partial charge < -0.3 is 19.3 Å². The highest BCUT2D eigenvalue weighted by molar-refractivity contribution is 4.79. The second kappa shape index (κ2) is 11.0. The average molecular weight is 248 g/mol. The predicted octanol–water partition coefficient (Wildman–Crippen LogP) is 1.85. The fraction of sp³-hybridized carbons (Fsp3) is 1.00. The molecule has 0 radical (unpaired) electrons. The SMILES string of the molecule is CCOCC(CCCO)(COCC)COCC. The molecule has 0 bridgehead atoms. The maximum Gasteiger partial charge on any atom is 0.0566 e. The van der Waals surface area contributed by atoms with Crippen LogP contribution in [0.25, 0.3) is 0 Å². The second-order valence-electron chi connectivity index (χ2n) is 4.24. The van der Waals surface area contributed by atoms with Crippen LogP contribution in [-0.4, -0.2) is 51.4 Å². The van der Waals surface area contributed by atoms with E-state index >= 15 is 0 Å². The molecule has 1 N–H and O–H groups in total. The van der Waals surface area contributed by atoms with E-state index in [2.05, 4.69) is 0 Å². The van der Waals surface area contributed by atoms with Gasteiger partial charge in [-0.05, 0) is 33.6 Å². The van der Waals surface area contributed by atoms with Crippen molar-refractivity contribution < 1.29 is 19.3 Å². The molecule has 4 heteroatoms. The van der Waals surface area contributed by atoms with Crippen molar-refractivity contribution in [1.82, 2.24) is 0 Å². The molecule has 104 valence electrons. The van der Waals surface area contributed by atoms with Gasteiger partial charge in [0.2, 0.25) is 0 Å². The van der Waals surface area contributed by atoms with Gasteiger partial charge in [0.25, 0.3) is 0 Å². The Morgan fingerprint density at radius 2 is 1.24 bits per heavy atom. The Morgan fingerprint density at radius 1 is 0.824 bits per heavy atom. The number of hydrogen-bond acceptors (Lipinski definition) is 4. The summed E-state index contributed by atoms with van der Waals surface area (Å²) in [4.78, 5) is 0. The van der Waals surface area contributed by atoms with E-state index in [0.29, 0.717) is 39.6 Å². The number of ether oxygens (including phenoxy) is 3. The van der Waals surface area contributed by atoms with Crippen LogP contribution in [0.1, 0.15) is 33.6 Å². The standard InChI is InChI=1S/C13H28O4/c1-4-15-10-13(8-7-9-14,11-16-5-2)12-17-6-3/h14H,4-12H2,1-3H3. The van der Waals surface area contributed by atoms with Gasteiger partial charge in [0.15, 0.2) is 0 Å². The molecule has 0 unspecified atom stereocenters. The zero-order chi connectivity index (χ0) is 13.0. The first kappa shape index (κ1) is 16.8. The number of aliphatic hydroxyl groups excluding tert-OH is 1. The van der Waals surface area contributed by atoms with Gasteiger partial charge in [-0.1, -0.05) is 0 Å². The van der Waals surface area contributed by atoms with Crippen LogP contribution in [0.2, 0.25) is 0 Å². The van der Waals surface area contributed by atoms with Crippen molar-refractivity contribution in [3.63, 3.8) is 0 Å². The number of hydrogen-bond donors (Lipinski definition) is 1. The summed E-state index contributed by atoms with van der Waals surface area (Å²) in [5, 5.41) is 8.98. The molecule has 0 aromatic carbocycles. The largest absolute Gasteiger partial charge is 0.396 e. The summed E-state index contributed by atoms with van der Waals surface area (Å²) in [5.41, 5.74) is -0.120. The van der Waals surface area contributed by atoms with Gasteiger partial charge in [-0.15, -0.1) is 0 Å². The van der Waals surface area contributed by atoms with Crippen molar-refractivity contribution in [3.05, 3.63) is 0 Å². The van der Waals surface area contributed by atoms with Crippen LogP contribution >= 0.6 is 0 Å². The van der Waals surface area contributed by atoms with Gasteiger partial charge in [-0.2, -0.15) is 0 Å². The normalized spacial score (nSPS) is 12.0. The molecular weight excluding hydrogens is 220 g/mol. The number of aliphatic hydroxyl groups is 1. The third-order valence-corrected chi connectivity index (χ3v) is 2.70. The molecule has 0 atom stereocenters. The van der Waals surface area contributed by atoms with Crippen LogP contribution in [0.15, 0.2) is 0 Å². The fourth-order valence-corrected chi connectivity index (χ4v) is 1.75. The maximum absolute atomic E-state index is 8.98. The molecule has 0 aromatic heterocycles. The highest BCUT2D eigenvalue weighted by atomic mass is 16.5. The van der Waals surface area contributed by atoms with E-state index in [0.717, 1.165) is 12.8 Å². The summed E-state index contributed by atoms with van der Waals surface area (Å²) in [6.45, 7) is 10.1. The monoisotopic (exact) mass is 248 g/mol. The van der Waals surface area contributed by atoms with Gasteiger partial charge in [0.05, 0.1) is 19.8 Å². The Labute approximate surface area is 105 Å². The molecule has 0 saturated carbocycles. The lowest BCUT2D eigenvalue weighted by Crippen LogP contribution is -2.37. The molecule has 0 aliphatic rings. The Hall–Kier alpha value is -0.160. The second-order valence-corrected chi connectivity index (χ2v) is 4.24. The Kier molecular flexibility index (Phi) is 10.9. The Morgan fingerprint density at radius 3 is 1.53 bits per heavy atom. The lowest BCUT2D eigenvalue weighted by molar-refractivity contribution is -0.0703. The van der Waals surface area contributed by atoms with Crippen molar-refractivity contribution in [2.75, 3.05) is 46.2 Å². The molecule has 4 nitrogen and oxygen atoms in total. The summed E-state index contributed by atoms with van der Waals surface area (Å²) >= 11 is 0. The van der Waals surface area contributed by atoms with Crippen LogP contribution in [0.4, 0.5) is 0 Å². The van der Waals surface area contributed by atoms with Gasteiger partial charge in [-0.3, -0.25) is 0 Å². The van der Waals surface area contributed by atoms with Crippen molar-refractivity contribution in [2.45, 2.75) is 33.6 Å². The van der Waals surface area contributed by atoms with Crippen LogP contribution in [0.5, 0.6) is 0 Å². The van der Waals surface area contributed by atoms with Crippen LogP contribution in [-0.2, 0) is 14.2 Å². The molecule has 0 rings (SSSR count). The number of rotatable bonds is 12. The van der Waals surface area contributed by atoms with Gasteiger partial charge in [0.1, 0.15) is 0 Å². The van der Waals surface area contributed by atoms with Crippen LogP contribution < -0.4 is 0 Å². The zero-order valence-electron chi connectivity index (χ0n) is 11.5. The lowest BCUT2D eigenvalue weighted by Gasteiger charge is -2.32. The first-order chi connectivity index (χ1) is 8.24. The molecule has 17 heavy (non-hydrogen) atoms. The summed E-state index contributed by atoms with van der Waals surface area (Å²) in [6.07, 6.45) is 1.62. The zero-order valence-corrected chi connectivity index (χ0v) is 11.5. The third kappa shape index (κ3) is 7.71. The fourth-order valence-electron chi connectivity index (χ4n) is 1.75. The van der Waals surface area contributed by atoms with Crippen molar-refractivity contribution in [2.24, 2.45) is 5.41 Å². The minimum Gasteiger partial charge on any atom is -0.396 e. The Balaban J connectivity index is 4.39. The van der Waals surface area contributed by atoms with E-state index in [1.807, 2.05) is 20.8 Å². The van der Waals surface area contributed by atoms with E-state index in [-0.39, 0.29) is 12.0 Å². The van der Waals surface area contributed by atoms with Crippen molar-refractivity contribution >= 4 is 0 Å². The van der Waals surface area contributed by atoms with Crippen LogP contribution in [0, 0.1) is 5.41 Å². The summed E-state index contributed by atoms with van der Waals surface area (Å²) in [5.74, 6) is 0. The van der Waals surface area contributed by atoms with Gasteiger partial charge in [-0.25, -0.2) is 0 Å². The molecule has 0 aromatic rings. The average Bonchev–Trinajstić information content (AvgIpc) is 2.37. The van der Waals surface area contributed by atoms with E-state index in [1.165, 1.54) is 0 Å². The molecular formula is C13H28O4. The molecule has 0 heterocycles. The smallest absolute Gasteiger partial charge is 0.0566 e. The molecule has 0 spiro atoms. The van der Waals surface area contributed by atoms with Crippen LogP contribution in [0.3, 0.4) is 0 Å². The first-order valence-electron chi connectivity index (χ1n) is 6.58.